The van der Waals surface area contributed by atoms with Gasteiger partial charge in [-0.25, -0.2) is 8.42 Å². The Morgan fingerprint density at radius 1 is 0.975 bits per heavy atom. The molecule has 216 valence electrons. The van der Waals surface area contributed by atoms with Gasteiger partial charge in [0.15, 0.2) is 0 Å². The molecule has 0 saturated carbocycles. The molecular formula is C28H36N4O6S2. The number of nitrogens with one attached hydrogen (secondary N) is 1. The van der Waals surface area contributed by atoms with Crippen LogP contribution < -0.4 is 5.32 Å². The minimum Gasteiger partial charge on any atom is -0.378 e. The van der Waals surface area contributed by atoms with Crippen LogP contribution in [0.5, 0.6) is 0 Å². The first-order valence-corrected chi connectivity index (χ1v) is 16.0. The minimum atomic E-state index is -3.66. The summed E-state index contributed by atoms with van der Waals surface area (Å²) in [4.78, 5) is 43.5. The summed E-state index contributed by atoms with van der Waals surface area (Å²) in [6, 6.07) is 5.96. The summed E-state index contributed by atoms with van der Waals surface area (Å²) in [5.74, 6) is -0.0376. The number of anilines is 1. The van der Waals surface area contributed by atoms with Crippen molar-refractivity contribution in [3.05, 3.63) is 45.8 Å². The maximum atomic E-state index is 13.6. The lowest BCUT2D eigenvalue weighted by Gasteiger charge is -2.34. The standard InChI is InChI=1S/C28H36N4O6S2/c1-18-14-19(2)16-32(15-18)40(36,37)22-6-4-21(5-7-22)26(34)29-27-25(28(35)30-10-12-38-13-11-30)23-8-9-31(20(3)33)17-24(23)39-27/h4-7,18-19H,8-17H2,1-3H3,(H,29,34). The first-order chi connectivity index (χ1) is 19.0. The number of hydrogen-bond acceptors (Lipinski definition) is 7. The molecule has 12 heteroatoms. The Hall–Kier alpha value is -2.80. The highest BCUT2D eigenvalue weighted by molar-refractivity contribution is 7.89. The van der Waals surface area contributed by atoms with Crippen LogP contribution in [0.4, 0.5) is 5.00 Å². The van der Waals surface area contributed by atoms with Crippen molar-refractivity contribution in [2.45, 2.75) is 45.1 Å². The molecule has 5 rings (SSSR count). The van der Waals surface area contributed by atoms with Gasteiger partial charge >= 0.3 is 0 Å². The van der Waals surface area contributed by atoms with E-state index in [9.17, 15) is 22.8 Å². The number of sulfonamides is 1. The van der Waals surface area contributed by atoms with Crippen LogP contribution in [0.25, 0.3) is 0 Å². The van der Waals surface area contributed by atoms with E-state index in [0.717, 1.165) is 16.9 Å². The molecule has 4 heterocycles. The van der Waals surface area contributed by atoms with Crippen LogP contribution in [0.1, 0.15) is 58.3 Å². The molecule has 0 radical (unpaired) electrons. The van der Waals surface area contributed by atoms with E-state index in [1.807, 2.05) is 0 Å². The van der Waals surface area contributed by atoms with Crippen molar-refractivity contribution in [3.63, 3.8) is 0 Å². The Morgan fingerprint density at radius 2 is 1.62 bits per heavy atom. The summed E-state index contributed by atoms with van der Waals surface area (Å²) in [7, 11) is -3.66. The Morgan fingerprint density at radius 3 is 2.25 bits per heavy atom. The van der Waals surface area contributed by atoms with Crippen LogP contribution in [0, 0.1) is 11.8 Å². The SMILES string of the molecule is CC(=O)N1CCc2c(sc(NC(=O)c3ccc(S(=O)(=O)N4CC(C)CC(C)C4)cc3)c2C(=O)N2CCOCC2)C1. The van der Waals surface area contributed by atoms with Gasteiger partial charge in [-0.3, -0.25) is 14.4 Å². The quantitative estimate of drug-likeness (QED) is 0.574. The second kappa shape index (κ2) is 11.6. The smallest absolute Gasteiger partial charge is 0.257 e. The van der Waals surface area contributed by atoms with Crippen molar-refractivity contribution in [2.75, 3.05) is 51.3 Å². The van der Waals surface area contributed by atoms with E-state index < -0.39 is 15.9 Å². The van der Waals surface area contributed by atoms with Crippen molar-refractivity contribution in [2.24, 2.45) is 11.8 Å². The summed E-state index contributed by atoms with van der Waals surface area (Å²) in [6.45, 7) is 9.39. The number of nitrogens with zero attached hydrogens (tertiary/aromatic N) is 3. The van der Waals surface area contributed by atoms with Gasteiger partial charge in [0.25, 0.3) is 11.8 Å². The largest absolute Gasteiger partial charge is 0.378 e. The number of ether oxygens (including phenoxy) is 1. The number of morpholine rings is 1. The number of carbonyl (C=O) groups is 3. The Labute approximate surface area is 239 Å². The second-order valence-corrected chi connectivity index (χ2v) is 14.1. The molecule has 1 N–H and O–H groups in total. The zero-order chi connectivity index (χ0) is 28.6. The van der Waals surface area contributed by atoms with Crippen molar-refractivity contribution >= 4 is 44.1 Å². The van der Waals surface area contributed by atoms with Gasteiger partial charge in [0.2, 0.25) is 15.9 Å². The number of amides is 3. The first-order valence-electron chi connectivity index (χ1n) is 13.7. The lowest BCUT2D eigenvalue weighted by atomic mass is 9.94. The minimum absolute atomic E-state index is 0.0331. The molecule has 2 saturated heterocycles. The number of carbonyl (C=O) groups excluding carboxylic acids is 3. The molecular weight excluding hydrogens is 552 g/mol. The summed E-state index contributed by atoms with van der Waals surface area (Å²) >= 11 is 1.32. The Kier molecular flexibility index (Phi) is 8.32. The molecule has 2 aromatic rings. The summed E-state index contributed by atoms with van der Waals surface area (Å²) in [5, 5.41) is 3.37. The predicted octanol–water partition coefficient (Wildman–Crippen LogP) is 3.04. The molecule has 2 fully saturated rings. The summed E-state index contributed by atoms with van der Waals surface area (Å²) in [5.41, 5.74) is 1.65. The third-order valence-corrected chi connectivity index (χ3v) is 10.8. The van der Waals surface area contributed by atoms with Crippen LogP contribution in [0.2, 0.25) is 0 Å². The predicted molar refractivity (Wildman–Crippen MR) is 152 cm³/mol. The fraction of sp³-hybridized carbons (Fsp3) is 0.536. The van der Waals surface area contributed by atoms with Gasteiger partial charge in [-0.15, -0.1) is 11.3 Å². The van der Waals surface area contributed by atoms with Crippen LogP contribution in [-0.4, -0.2) is 86.2 Å². The van der Waals surface area contributed by atoms with E-state index in [2.05, 4.69) is 19.2 Å². The number of rotatable bonds is 5. The third-order valence-electron chi connectivity index (χ3n) is 7.83. The van der Waals surface area contributed by atoms with E-state index >= 15 is 0 Å². The highest BCUT2D eigenvalue weighted by Gasteiger charge is 2.34. The molecule has 3 amide bonds. The second-order valence-electron chi connectivity index (χ2n) is 11.0. The summed E-state index contributed by atoms with van der Waals surface area (Å²) < 4.78 is 33.4. The molecule has 3 aliphatic heterocycles. The van der Waals surface area contributed by atoms with Crippen LogP contribution >= 0.6 is 11.3 Å². The number of benzene rings is 1. The monoisotopic (exact) mass is 588 g/mol. The topological polar surface area (TPSA) is 116 Å². The van der Waals surface area contributed by atoms with E-state index in [-0.39, 0.29) is 28.5 Å². The van der Waals surface area contributed by atoms with E-state index in [1.54, 1.807) is 9.80 Å². The first kappa shape index (κ1) is 28.7. The van der Waals surface area contributed by atoms with Gasteiger partial charge in [-0.2, -0.15) is 4.31 Å². The Balaban J connectivity index is 1.38. The fourth-order valence-corrected chi connectivity index (χ4v) is 8.75. The molecule has 1 aromatic heterocycles. The maximum Gasteiger partial charge on any atom is 0.257 e. The number of thiophene rings is 1. The van der Waals surface area contributed by atoms with Gasteiger partial charge < -0.3 is 19.9 Å². The van der Waals surface area contributed by atoms with Gasteiger partial charge in [0, 0.05) is 50.1 Å². The van der Waals surface area contributed by atoms with E-state index in [1.165, 1.54) is 46.8 Å². The van der Waals surface area contributed by atoms with Crippen molar-refractivity contribution < 1.29 is 27.5 Å². The molecule has 0 spiro atoms. The molecule has 2 atom stereocenters. The zero-order valence-corrected chi connectivity index (χ0v) is 24.8. The molecule has 10 nitrogen and oxygen atoms in total. The van der Waals surface area contributed by atoms with Gasteiger partial charge in [0.05, 0.1) is 30.2 Å². The molecule has 2 unspecified atom stereocenters. The van der Waals surface area contributed by atoms with Crippen molar-refractivity contribution in [3.8, 4) is 0 Å². The molecule has 1 aromatic carbocycles. The molecule has 0 bridgehead atoms. The molecule has 3 aliphatic rings. The molecule has 40 heavy (non-hydrogen) atoms. The number of fused-ring (bicyclic) bond motifs is 1. The van der Waals surface area contributed by atoms with Crippen molar-refractivity contribution in [1.29, 1.82) is 0 Å². The molecule has 0 aliphatic carbocycles. The number of piperidine rings is 1. The van der Waals surface area contributed by atoms with Gasteiger partial charge in [-0.1, -0.05) is 13.8 Å². The average Bonchev–Trinajstić information content (AvgIpc) is 3.29. The number of hydrogen-bond donors (Lipinski definition) is 1. The highest BCUT2D eigenvalue weighted by Crippen LogP contribution is 2.38. The van der Waals surface area contributed by atoms with Crippen LogP contribution in [0.3, 0.4) is 0 Å². The lowest BCUT2D eigenvalue weighted by molar-refractivity contribution is -0.129. The Bertz CT molecular complexity index is 1390. The average molecular weight is 589 g/mol. The van der Waals surface area contributed by atoms with E-state index in [4.69, 9.17) is 4.74 Å². The van der Waals surface area contributed by atoms with Gasteiger partial charge in [0.1, 0.15) is 5.00 Å². The normalized spacial score (nSPS) is 22.1. The lowest BCUT2D eigenvalue weighted by Crippen LogP contribution is -2.42. The van der Waals surface area contributed by atoms with Gasteiger partial charge in [-0.05, 0) is 54.5 Å². The maximum absolute atomic E-state index is 13.6. The van der Waals surface area contributed by atoms with Crippen LogP contribution in [0.15, 0.2) is 29.2 Å². The zero-order valence-electron chi connectivity index (χ0n) is 23.1. The fourth-order valence-electron chi connectivity index (χ4n) is 5.82. The van der Waals surface area contributed by atoms with E-state index in [0.29, 0.717) is 75.0 Å². The van der Waals surface area contributed by atoms with Crippen LogP contribution in [-0.2, 0) is 32.5 Å². The third kappa shape index (κ3) is 5.81. The summed E-state index contributed by atoms with van der Waals surface area (Å²) in [6.07, 6.45) is 1.53. The highest BCUT2D eigenvalue weighted by atomic mass is 32.2. The van der Waals surface area contributed by atoms with Crippen molar-refractivity contribution in [1.82, 2.24) is 14.1 Å².